The van der Waals surface area contributed by atoms with Crippen LogP contribution in [0.3, 0.4) is 0 Å². The first-order valence-corrected chi connectivity index (χ1v) is 43.6. The summed E-state index contributed by atoms with van der Waals surface area (Å²) in [5, 5.41) is 349. The second-order valence-electron chi connectivity index (χ2n) is 34.6. The number of hydrogen-bond donors (Lipinski definition) is 35. The highest BCUT2D eigenvalue weighted by Crippen LogP contribution is 2.42. The minimum Gasteiger partial charge on any atom is -0.394 e. The second kappa shape index (κ2) is 49.5. The van der Waals surface area contributed by atoms with Crippen molar-refractivity contribution < 1.29 is 277 Å². The van der Waals surface area contributed by atoms with E-state index in [-0.39, 0.29) is 0 Å². The van der Waals surface area contributed by atoms with Gasteiger partial charge >= 0.3 is 0 Å². The van der Waals surface area contributed by atoms with Crippen molar-refractivity contribution in [3.05, 3.63) is 0 Å². The molecule has 11 heterocycles. The molecule has 61 nitrogen and oxygen atoms in total. The lowest BCUT2D eigenvalue weighted by molar-refractivity contribution is -0.399. The number of hydrogen-bond acceptors (Lipinski definition) is 56. The average molecular weight is 2010 g/mol. The van der Waals surface area contributed by atoms with Gasteiger partial charge < -0.3 is 279 Å². The van der Waals surface area contributed by atoms with Crippen LogP contribution >= 0.6 is 0 Å². The fourth-order valence-electron chi connectivity index (χ4n) is 17.7. The molecule has 11 saturated heterocycles. The van der Waals surface area contributed by atoms with Crippen LogP contribution in [0.15, 0.2) is 0 Å². The van der Waals surface area contributed by atoms with Gasteiger partial charge in [-0.05, 0) is 0 Å². The number of carbonyl (C=O) groups excluding carboxylic acids is 5. The Hall–Kier alpha value is -4.69. The lowest BCUT2D eigenvalue weighted by Gasteiger charge is -2.51. The van der Waals surface area contributed by atoms with E-state index >= 15 is 0 Å². The number of aliphatic hydroxyl groups is 30. The number of rotatable bonds is 36. The van der Waals surface area contributed by atoms with Crippen molar-refractivity contribution in [1.82, 2.24) is 26.6 Å². The van der Waals surface area contributed by atoms with E-state index in [0.717, 1.165) is 34.6 Å². The predicted molar refractivity (Wildman–Crippen MR) is 420 cm³/mol. The molecule has 0 bridgehead atoms. The first kappa shape index (κ1) is 113. The normalized spacial score (nSPS) is 48.9. The van der Waals surface area contributed by atoms with Crippen LogP contribution in [0.1, 0.15) is 34.6 Å². The summed E-state index contributed by atoms with van der Waals surface area (Å²) in [4.78, 5) is 65.0. The topological polar surface area (TPSA) is 946 Å². The zero-order chi connectivity index (χ0) is 101. The molecule has 61 heteroatoms. The van der Waals surface area contributed by atoms with E-state index in [1.54, 1.807) is 0 Å². The van der Waals surface area contributed by atoms with E-state index in [9.17, 15) is 177 Å². The molecule has 11 aliphatic heterocycles. The molecule has 0 aromatic rings. The van der Waals surface area contributed by atoms with E-state index in [0.29, 0.717) is 0 Å². The lowest BCUT2D eigenvalue weighted by atomic mass is 9.93. The molecular weight excluding hydrogens is 1880 g/mol. The summed E-state index contributed by atoms with van der Waals surface area (Å²) in [6.45, 7) is -8.06. The van der Waals surface area contributed by atoms with Crippen LogP contribution < -0.4 is 26.6 Å². The van der Waals surface area contributed by atoms with Crippen LogP contribution in [0.4, 0.5) is 0 Å². The van der Waals surface area contributed by atoms with Gasteiger partial charge in [-0.3, -0.25) is 24.0 Å². The van der Waals surface area contributed by atoms with Crippen molar-refractivity contribution in [2.24, 2.45) is 0 Å². The number of nitrogens with one attached hydrogen (secondary N) is 5. The maximum absolute atomic E-state index is 13.2. The molecule has 55 atom stereocenters. The van der Waals surface area contributed by atoms with Crippen molar-refractivity contribution in [3.8, 4) is 0 Å². The van der Waals surface area contributed by atoms with Gasteiger partial charge in [0.05, 0.1) is 72.7 Å². The van der Waals surface area contributed by atoms with Crippen molar-refractivity contribution in [3.63, 3.8) is 0 Å². The minimum absolute atomic E-state index is 0.829. The molecule has 1 unspecified atom stereocenters. The van der Waals surface area contributed by atoms with Gasteiger partial charge in [0, 0.05) is 34.6 Å². The molecule has 0 saturated carbocycles. The number of aliphatic hydroxyl groups excluding tert-OH is 30. The lowest BCUT2D eigenvalue weighted by Crippen LogP contribution is -2.71. The Bertz CT molecular complexity index is 3780. The summed E-state index contributed by atoms with van der Waals surface area (Å²) in [6.07, 6.45) is -108. The van der Waals surface area contributed by atoms with Crippen molar-refractivity contribution in [2.45, 2.75) is 372 Å². The van der Waals surface area contributed by atoms with Gasteiger partial charge in [0.25, 0.3) is 0 Å². The zero-order valence-corrected chi connectivity index (χ0v) is 73.6. The molecule has 0 aromatic carbocycles. The predicted octanol–water partition coefficient (Wildman–Crippen LogP) is -24.3. The quantitative estimate of drug-likeness (QED) is 0.0277. The van der Waals surface area contributed by atoms with Gasteiger partial charge in [-0.15, -0.1) is 0 Å². The Kier molecular flexibility index (Phi) is 40.7. The Balaban J connectivity index is 0.973. The molecule has 0 radical (unpaired) electrons. The Morgan fingerprint density at radius 1 is 0.190 bits per heavy atom. The first-order valence-electron chi connectivity index (χ1n) is 43.6. The SMILES string of the molecule is CC(=O)N[C@H]1[C@H](O[C@H]2[C@H](O)[C@@H](NC(C)=O)C(O)O[C@@H]2CO)O[C@H](CO)[C@@H](O[C@@H]2O[C@H](CO[C@H]3O[C@H](CO[C@@H]4O[C@H](CO)[C@@H](O[C@@H]5O[C@H](CO)[C@H](O)[C@H](O)[C@H]5O)[C@@H](O)[C@H]4NC(C)=O)[C@@H](O)[C@H](O)[C@@H]3O[C@@H]3O[C@H](CO)[C@@H](O[C@@H]4O[C@H](CO)[C@H](O)[C@H](O)[C@H]4O)[C@H](O)[C@H]3NC(C)=O)[C@@H](O)[C@H](O[C@H]3O[C@H](CO)[C@@H](O)[C@H](O)[C@@H]3O[C@@H]3O[C@H](CO)[C@@H](O)[C@H](O[C@@H]4O[C@H](CO)[C@H](O)[C@H](O)[C@@H]4O)[C@H]3NC(C)=O)[C@@H]2O)[C@@H]1O. The van der Waals surface area contributed by atoms with E-state index < -0.39 is 440 Å². The van der Waals surface area contributed by atoms with Gasteiger partial charge in [0.1, 0.15) is 268 Å². The molecule has 35 N–H and O–H groups in total. The summed E-state index contributed by atoms with van der Waals surface area (Å²) in [5.41, 5.74) is 0. The molecule has 5 amide bonds. The van der Waals surface area contributed by atoms with E-state index in [1.165, 1.54) is 0 Å². The van der Waals surface area contributed by atoms with E-state index in [4.69, 9.17) is 99.5 Å². The first-order chi connectivity index (χ1) is 64.8. The maximum atomic E-state index is 13.2. The molecular formula is C76H127N5O56. The van der Waals surface area contributed by atoms with Gasteiger partial charge in [-0.1, -0.05) is 0 Å². The monoisotopic (exact) mass is 2010 g/mol. The average Bonchev–Trinajstić information content (AvgIpc) is 0.664. The number of ether oxygens (including phenoxy) is 21. The molecule has 0 aromatic heterocycles. The molecule has 11 fully saturated rings. The van der Waals surface area contributed by atoms with E-state index in [2.05, 4.69) is 26.6 Å². The summed E-state index contributed by atoms with van der Waals surface area (Å²) in [6, 6.07) is -9.69. The largest absolute Gasteiger partial charge is 0.394 e. The molecule has 0 spiro atoms. The highest BCUT2D eigenvalue weighted by molar-refractivity contribution is 5.75. The van der Waals surface area contributed by atoms with Crippen molar-refractivity contribution >= 4 is 29.5 Å². The third-order valence-corrected chi connectivity index (χ3v) is 25.0. The van der Waals surface area contributed by atoms with Crippen LogP contribution in [0.25, 0.3) is 0 Å². The fourth-order valence-corrected chi connectivity index (χ4v) is 17.7. The van der Waals surface area contributed by atoms with Crippen LogP contribution in [0.5, 0.6) is 0 Å². The standard InChI is InChI=1S/C76H127N5O56/c1-17(91)77-33-45(103)58(27(11-87)119-66(33)116)130-68-35(79-19(3)93)47(105)61(30(14-90)126-68)133-74-57(115)63(135-76-65(52(110)41(99)25(9-85)124-76)137-70-37(81-21(5)95)62(43(101)26(10-86)120-70)134-73-56(114)51(109)40(98)24(8-84)123-73)44(102)32(128-74)16-118-75-64(136-69-36(80-20(4)94)48(106)60(29(13-89)127-69)132-72-55(113)50(108)39(97)23(7-83)122-72)53(111)42(100)31(129-75)15-117-67-34(78-18(2)92)46(104)59(28(12-88)125-67)131-71-54(112)49(107)38(96)22(6-82)121-71/h22-76,82-90,96-116H,6-16H2,1-5H3,(H,77,91)(H,78,92)(H,79,93)(H,80,94)(H,81,95)/t22-,23-,24-,25-,26-,27-,28-,29-,30-,31-,32-,33-,34-,35-,36-,37-,38+,39+,40+,41-,42-,43-,44-,45-,46+,47-,48-,49+,50+,51+,52+,53+,54-,55-,56+,57+,58-,59-,60-,61-,62-,63+,64+,65+,66?,67-,68+,69+,70+,71+,72+,73+,74+,75+,76-/m1/s1. The highest BCUT2D eigenvalue weighted by atomic mass is 16.8. The Morgan fingerprint density at radius 3 is 0.803 bits per heavy atom. The smallest absolute Gasteiger partial charge is 0.217 e. The molecule has 11 aliphatic rings. The number of carbonyl (C=O) groups is 5. The minimum atomic E-state index is -2.71. The highest BCUT2D eigenvalue weighted by Gasteiger charge is 2.63. The van der Waals surface area contributed by atoms with Crippen LogP contribution in [-0.2, 0) is 123 Å². The zero-order valence-electron chi connectivity index (χ0n) is 73.6. The Morgan fingerprint density at radius 2 is 0.416 bits per heavy atom. The fraction of sp³-hybridized carbons (Fsp3) is 0.934. The van der Waals surface area contributed by atoms with Crippen molar-refractivity contribution in [1.29, 1.82) is 0 Å². The molecule has 0 aliphatic carbocycles. The maximum Gasteiger partial charge on any atom is 0.217 e. The van der Waals surface area contributed by atoms with Gasteiger partial charge in [0.15, 0.2) is 69.2 Å². The van der Waals surface area contributed by atoms with Crippen LogP contribution in [0, 0.1) is 0 Å². The van der Waals surface area contributed by atoms with Crippen LogP contribution in [-0.4, -0.2) is 593 Å². The van der Waals surface area contributed by atoms with Crippen molar-refractivity contribution in [2.75, 3.05) is 72.7 Å². The number of amides is 5. The van der Waals surface area contributed by atoms with E-state index in [1.807, 2.05) is 0 Å². The third-order valence-electron chi connectivity index (χ3n) is 25.0. The Labute approximate surface area is 775 Å². The third kappa shape index (κ3) is 25.2. The second-order valence-corrected chi connectivity index (χ2v) is 34.6. The summed E-state index contributed by atoms with van der Waals surface area (Å²) in [7, 11) is 0. The van der Waals surface area contributed by atoms with Gasteiger partial charge in [-0.25, -0.2) is 0 Å². The van der Waals surface area contributed by atoms with Gasteiger partial charge in [0.2, 0.25) is 29.5 Å². The van der Waals surface area contributed by atoms with Crippen LogP contribution in [0.2, 0.25) is 0 Å². The molecule has 137 heavy (non-hydrogen) atoms. The summed E-state index contributed by atoms with van der Waals surface area (Å²) in [5.74, 6) is -4.81. The summed E-state index contributed by atoms with van der Waals surface area (Å²) >= 11 is 0. The summed E-state index contributed by atoms with van der Waals surface area (Å²) < 4.78 is 126. The molecule has 792 valence electrons. The van der Waals surface area contributed by atoms with Gasteiger partial charge in [-0.2, -0.15) is 0 Å². The molecule has 11 rings (SSSR count).